The van der Waals surface area contributed by atoms with E-state index in [2.05, 4.69) is 10.3 Å². The molecule has 0 aliphatic rings. The number of rotatable bonds is 7. The highest BCUT2D eigenvalue weighted by Gasteiger charge is 2.13. The van der Waals surface area contributed by atoms with E-state index < -0.39 is 6.04 Å². The molecular formula is C15H20N4O2. The number of aryl methyl sites for hydroxylation is 1. The minimum absolute atomic E-state index is 0.159. The number of aromatic hydroxyl groups is 1. The van der Waals surface area contributed by atoms with Crippen LogP contribution in [0.25, 0.3) is 0 Å². The van der Waals surface area contributed by atoms with Gasteiger partial charge in [0.05, 0.1) is 12.4 Å². The Balaban J connectivity index is 1.68. The molecule has 2 rings (SSSR count). The lowest BCUT2D eigenvalue weighted by Gasteiger charge is -2.12. The van der Waals surface area contributed by atoms with Gasteiger partial charge in [0.15, 0.2) is 0 Å². The number of nitrogens with zero attached hydrogens (tertiary/aromatic N) is 2. The summed E-state index contributed by atoms with van der Waals surface area (Å²) >= 11 is 0. The summed E-state index contributed by atoms with van der Waals surface area (Å²) in [5.41, 5.74) is 6.80. The van der Waals surface area contributed by atoms with E-state index in [-0.39, 0.29) is 11.7 Å². The number of carbonyl (C=O) groups excluding carboxylic acids is 1. The van der Waals surface area contributed by atoms with E-state index in [1.165, 1.54) is 0 Å². The smallest absolute Gasteiger partial charge is 0.237 e. The van der Waals surface area contributed by atoms with E-state index in [4.69, 9.17) is 5.73 Å². The summed E-state index contributed by atoms with van der Waals surface area (Å²) in [7, 11) is 0. The van der Waals surface area contributed by atoms with Gasteiger partial charge in [-0.25, -0.2) is 4.98 Å². The van der Waals surface area contributed by atoms with E-state index in [9.17, 15) is 9.90 Å². The summed E-state index contributed by atoms with van der Waals surface area (Å²) in [6.07, 6.45) is 6.64. The van der Waals surface area contributed by atoms with Crippen LogP contribution in [0.3, 0.4) is 0 Å². The van der Waals surface area contributed by atoms with Gasteiger partial charge in [0.2, 0.25) is 5.91 Å². The summed E-state index contributed by atoms with van der Waals surface area (Å²) in [4.78, 5) is 15.8. The van der Waals surface area contributed by atoms with Crippen molar-refractivity contribution >= 4 is 5.91 Å². The van der Waals surface area contributed by atoms with E-state index >= 15 is 0 Å². The Bertz CT molecular complexity index is 552. The Hall–Kier alpha value is -2.34. The number of nitrogens with one attached hydrogen (secondary N) is 1. The lowest BCUT2D eigenvalue weighted by molar-refractivity contribution is -0.122. The van der Waals surface area contributed by atoms with Crippen LogP contribution in [0.15, 0.2) is 43.0 Å². The van der Waals surface area contributed by atoms with Gasteiger partial charge in [0.25, 0.3) is 0 Å². The van der Waals surface area contributed by atoms with Gasteiger partial charge in [-0.3, -0.25) is 4.79 Å². The SMILES string of the molecule is N[C@@H](Cc1ccc(O)cc1)C(=O)NCCCn1ccnc1. The molecule has 1 aromatic carbocycles. The van der Waals surface area contributed by atoms with Gasteiger partial charge >= 0.3 is 0 Å². The fraction of sp³-hybridized carbons (Fsp3) is 0.333. The number of imidazole rings is 1. The fourth-order valence-electron chi connectivity index (χ4n) is 2.00. The first-order valence-electron chi connectivity index (χ1n) is 6.92. The number of hydrogen-bond donors (Lipinski definition) is 3. The summed E-state index contributed by atoms with van der Waals surface area (Å²) in [6.45, 7) is 1.40. The second-order valence-corrected chi connectivity index (χ2v) is 4.92. The molecule has 2 aromatic rings. The van der Waals surface area contributed by atoms with Gasteiger partial charge in [-0.1, -0.05) is 12.1 Å². The van der Waals surface area contributed by atoms with Crippen molar-refractivity contribution in [2.75, 3.05) is 6.54 Å². The summed E-state index contributed by atoms with van der Waals surface area (Å²) in [5, 5.41) is 12.0. The lowest BCUT2D eigenvalue weighted by atomic mass is 10.1. The normalized spacial score (nSPS) is 12.0. The van der Waals surface area contributed by atoms with Crippen LogP contribution in [0, 0.1) is 0 Å². The molecule has 1 amide bonds. The summed E-state index contributed by atoms with van der Waals surface area (Å²) < 4.78 is 1.96. The van der Waals surface area contributed by atoms with Gasteiger partial charge < -0.3 is 20.7 Å². The van der Waals surface area contributed by atoms with Gasteiger partial charge in [-0.2, -0.15) is 0 Å². The predicted molar refractivity (Wildman–Crippen MR) is 79.6 cm³/mol. The molecule has 4 N–H and O–H groups in total. The highest BCUT2D eigenvalue weighted by atomic mass is 16.3. The molecule has 0 saturated carbocycles. The Kier molecular flexibility index (Phi) is 5.34. The van der Waals surface area contributed by atoms with E-state index in [0.717, 1.165) is 18.5 Å². The predicted octanol–water partition coefficient (Wildman–Crippen LogP) is 0.665. The number of benzene rings is 1. The third-order valence-corrected chi connectivity index (χ3v) is 3.18. The zero-order valence-electron chi connectivity index (χ0n) is 11.8. The molecule has 0 aliphatic heterocycles. The third kappa shape index (κ3) is 4.92. The second-order valence-electron chi connectivity index (χ2n) is 4.92. The molecule has 0 saturated heterocycles. The highest BCUT2D eigenvalue weighted by Crippen LogP contribution is 2.10. The number of nitrogens with two attached hydrogens (primary N) is 1. The average molecular weight is 288 g/mol. The van der Waals surface area contributed by atoms with Crippen molar-refractivity contribution in [3.63, 3.8) is 0 Å². The van der Waals surface area contributed by atoms with Crippen LogP contribution in [0.1, 0.15) is 12.0 Å². The number of aromatic nitrogens is 2. The monoisotopic (exact) mass is 288 g/mol. The standard InChI is InChI=1S/C15H20N4O2/c16-14(10-12-2-4-13(20)5-3-12)15(21)18-6-1-8-19-9-7-17-11-19/h2-5,7,9,11,14,20H,1,6,8,10,16H2,(H,18,21)/t14-/m0/s1. The average Bonchev–Trinajstić information content (AvgIpc) is 2.99. The number of amides is 1. The van der Waals surface area contributed by atoms with Crippen molar-refractivity contribution < 1.29 is 9.90 Å². The van der Waals surface area contributed by atoms with Crippen molar-refractivity contribution in [1.29, 1.82) is 0 Å². The molecule has 21 heavy (non-hydrogen) atoms. The van der Waals surface area contributed by atoms with Crippen molar-refractivity contribution in [1.82, 2.24) is 14.9 Å². The van der Waals surface area contributed by atoms with Gasteiger partial charge in [0, 0.05) is 25.5 Å². The van der Waals surface area contributed by atoms with Crippen molar-refractivity contribution in [2.45, 2.75) is 25.4 Å². The van der Waals surface area contributed by atoms with Crippen LogP contribution in [0.5, 0.6) is 5.75 Å². The van der Waals surface area contributed by atoms with Crippen LogP contribution >= 0.6 is 0 Å². The molecule has 1 atom stereocenters. The molecule has 0 aliphatic carbocycles. The van der Waals surface area contributed by atoms with Crippen LogP contribution in [0.4, 0.5) is 0 Å². The molecule has 112 valence electrons. The van der Waals surface area contributed by atoms with Crippen molar-refractivity contribution in [2.24, 2.45) is 5.73 Å². The second kappa shape index (κ2) is 7.44. The summed E-state index contributed by atoms with van der Waals surface area (Å²) in [6, 6.07) is 6.13. The quantitative estimate of drug-likeness (QED) is 0.653. The van der Waals surface area contributed by atoms with Crippen LogP contribution in [-0.4, -0.2) is 33.2 Å². The largest absolute Gasteiger partial charge is 0.508 e. The molecule has 0 radical (unpaired) electrons. The Morgan fingerprint density at radius 1 is 1.38 bits per heavy atom. The number of hydrogen-bond acceptors (Lipinski definition) is 4. The Labute approximate surface area is 123 Å². The molecule has 1 aromatic heterocycles. The van der Waals surface area contributed by atoms with E-state index in [1.54, 1.807) is 36.8 Å². The van der Waals surface area contributed by atoms with E-state index in [1.807, 2.05) is 10.8 Å². The molecule has 6 nitrogen and oxygen atoms in total. The van der Waals surface area contributed by atoms with Crippen LogP contribution in [-0.2, 0) is 17.8 Å². The minimum Gasteiger partial charge on any atom is -0.508 e. The third-order valence-electron chi connectivity index (χ3n) is 3.18. The molecular weight excluding hydrogens is 268 g/mol. The molecule has 1 heterocycles. The maximum absolute atomic E-state index is 11.9. The molecule has 0 unspecified atom stereocenters. The van der Waals surface area contributed by atoms with Crippen molar-refractivity contribution in [3.05, 3.63) is 48.5 Å². The number of carbonyl (C=O) groups is 1. The molecule has 0 bridgehead atoms. The molecule has 0 fully saturated rings. The zero-order chi connectivity index (χ0) is 15.1. The lowest BCUT2D eigenvalue weighted by Crippen LogP contribution is -2.42. The van der Waals surface area contributed by atoms with Gasteiger partial charge in [-0.05, 0) is 30.5 Å². The van der Waals surface area contributed by atoms with Gasteiger partial charge in [0.1, 0.15) is 5.75 Å². The van der Waals surface area contributed by atoms with E-state index in [0.29, 0.717) is 13.0 Å². The number of phenolic OH excluding ortho intramolecular Hbond substituents is 1. The number of phenols is 1. The maximum atomic E-state index is 11.9. The topological polar surface area (TPSA) is 93.2 Å². The maximum Gasteiger partial charge on any atom is 0.237 e. The highest BCUT2D eigenvalue weighted by molar-refractivity contribution is 5.81. The minimum atomic E-state index is -0.581. The molecule has 6 heteroatoms. The first kappa shape index (κ1) is 15.1. The first-order valence-corrected chi connectivity index (χ1v) is 6.92. The first-order chi connectivity index (χ1) is 10.1. The fourth-order valence-corrected chi connectivity index (χ4v) is 2.00. The summed E-state index contributed by atoms with van der Waals surface area (Å²) in [5.74, 6) is 0.0463. The Morgan fingerprint density at radius 3 is 2.81 bits per heavy atom. The Morgan fingerprint density at radius 2 is 2.14 bits per heavy atom. The van der Waals surface area contributed by atoms with Gasteiger partial charge in [-0.15, -0.1) is 0 Å². The van der Waals surface area contributed by atoms with Crippen LogP contribution in [0.2, 0.25) is 0 Å². The van der Waals surface area contributed by atoms with Crippen LogP contribution < -0.4 is 11.1 Å². The van der Waals surface area contributed by atoms with Crippen molar-refractivity contribution in [3.8, 4) is 5.75 Å². The zero-order valence-corrected chi connectivity index (χ0v) is 11.8. The molecule has 0 spiro atoms.